The molecule has 1 heterocycles. The predicted octanol–water partition coefficient (Wildman–Crippen LogP) is 1.56. The summed E-state index contributed by atoms with van der Waals surface area (Å²) in [5.41, 5.74) is 0.835. The SMILES string of the molecule is Cc1nn(C)cc1NC(=O)CC(C)(C)CC(=O)O. The van der Waals surface area contributed by atoms with Crippen molar-refractivity contribution in [2.75, 3.05) is 5.32 Å². The third-order valence-electron chi connectivity index (χ3n) is 2.56. The van der Waals surface area contributed by atoms with Crippen molar-refractivity contribution < 1.29 is 14.7 Å². The molecule has 0 spiro atoms. The Labute approximate surface area is 106 Å². The summed E-state index contributed by atoms with van der Waals surface area (Å²) in [6, 6.07) is 0. The van der Waals surface area contributed by atoms with Crippen LogP contribution in [0.25, 0.3) is 0 Å². The van der Waals surface area contributed by atoms with E-state index in [0.29, 0.717) is 5.69 Å². The number of carboxylic acids is 1. The lowest BCUT2D eigenvalue weighted by Crippen LogP contribution is -2.24. The fourth-order valence-electron chi connectivity index (χ4n) is 1.82. The van der Waals surface area contributed by atoms with Crippen LogP contribution in [0.4, 0.5) is 5.69 Å². The number of hydrogen-bond acceptors (Lipinski definition) is 3. The molecule has 0 unspecified atom stereocenters. The number of anilines is 1. The monoisotopic (exact) mass is 253 g/mol. The van der Waals surface area contributed by atoms with Gasteiger partial charge in [-0.3, -0.25) is 14.3 Å². The molecule has 0 aliphatic rings. The van der Waals surface area contributed by atoms with Gasteiger partial charge >= 0.3 is 5.97 Å². The number of rotatable bonds is 5. The van der Waals surface area contributed by atoms with Crippen molar-refractivity contribution in [3.63, 3.8) is 0 Å². The van der Waals surface area contributed by atoms with Gasteiger partial charge in [0.25, 0.3) is 0 Å². The van der Waals surface area contributed by atoms with Gasteiger partial charge < -0.3 is 10.4 Å². The molecule has 1 rings (SSSR count). The van der Waals surface area contributed by atoms with Crippen LogP contribution < -0.4 is 5.32 Å². The lowest BCUT2D eigenvalue weighted by atomic mass is 9.85. The maximum Gasteiger partial charge on any atom is 0.303 e. The highest BCUT2D eigenvalue weighted by Crippen LogP contribution is 2.25. The minimum atomic E-state index is -0.898. The molecule has 1 aromatic heterocycles. The molecule has 6 heteroatoms. The largest absolute Gasteiger partial charge is 0.481 e. The molecule has 0 bridgehead atoms. The number of nitrogens with one attached hydrogen (secondary N) is 1. The van der Waals surface area contributed by atoms with Crippen molar-refractivity contribution in [2.45, 2.75) is 33.6 Å². The first kappa shape index (κ1) is 14.2. The van der Waals surface area contributed by atoms with E-state index >= 15 is 0 Å². The van der Waals surface area contributed by atoms with E-state index in [2.05, 4.69) is 10.4 Å². The highest BCUT2D eigenvalue weighted by Gasteiger charge is 2.25. The van der Waals surface area contributed by atoms with Crippen LogP contribution in [-0.2, 0) is 16.6 Å². The maximum atomic E-state index is 11.8. The second-order valence-corrected chi connectivity index (χ2v) is 5.26. The van der Waals surface area contributed by atoms with Crippen LogP contribution in [0, 0.1) is 12.3 Å². The van der Waals surface area contributed by atoms with E-state index in [-0.39, 0.29) is 18.7 Å². The van der Waals surface area contributed by atoms with Crippen LogP contribution in [0.2, 0.25) is 0 Å². The van der Waals surface area contributed by atoms with Crippen molar-refractivity contribution in [1.82, 2.24) is 9.78 Å². The molecule has 6 nitrogen and oxygen atoms in total. The molecule has 1 aromatic rings. The molecule has 0 aliphatic carbocycles. The van der Waals surface area contributed by atoms with Crippen molar-refractivity contribution in [2.24, 2.45) is 12.5 Å². The van der Waals surface area contributed by atoms with Gasteiger partial charge in [-0.1, -0.05) is 13.8 Å². The Morgan fingerprint density at radius 2 is 2.06 bits per heavy atom. The number of carboxylic acid groups (broad SMARTS) is 1. The summed E-state index contributed by atoms with van der Waals surface area (Å²) in [4.78, 5) is 22.5. The number of aromatic nitrogens is 2. The fourth-order valence-corrected chi connectivity index (χ4v) is 1.82. The van der Waals surface area contributed by atoms with E-state index in [4.69, 9.17) is 5.11 Å². The summed E-state index contributed by atoms with van der Waals surface area (Å²) < 4.78 is 1.62. The average Bonchev–Trinajstić information content (AvgIpc) is 2.40. The molecule has 0 aliphatic heterocycles. The Hall–Kier alpha value is -1.85. The Morgan fingerprint density at radius 3 is 2.50 bits per heavy atom. The topological polar surface area (TPSA) is 84.2 Å². The molecule has 1 amide bonds. The standard InChI is InChI=1S/C12H19N3O3/c1-8-9(7-15(4)14-8)13-10(16)5-12(2,3)6-11(17)18/h7H,5-6H2,1-4H3,(H,13,16)(H,17,18). The number of hydrogen-bond donors (Lipinski definition) is 2. The lowest BCUT2D eigenvalue weighted by molar-refractivity contribution is -0.139. The molecular formula is C12H19N3O3. The molecule has 0 saturated carbocycles. The van der Waals surface area contributed by atoms with E-state index in [1.807, 2.05) is 0 Å². The molecule has 0 fully saturated rings. The van der Waals surface area contributed by atoms with Crippen molar-refractivity contribution in [3.8, 4) is 0 Å². The van der Waals surface area contributed by atoms with E-state index in [9.17, 15) is 9.59 Å². The second-order valence-electron chi connectivity index (χ2n) is 5.26. The summed E-state index contributed by atoms with van der Waals surface area (Å²) in [5.74, 6) is -1.09. The first-order chi connectivity index (χ1) is 8.19. The van der Waals surface area contributed by atoms with Gasteiger partial charge in [-0.15, -0.1) is 0 Å². The molecule has 100 valence electrons. The third kappa shape index (κ3) is 4.20. The highest BCUT2D eigenvalue weighted by molar-refractivity contribution is 5.91. The van der Waals surface area contributed by atoms with E-state index in [0.717, 1.165) is 5.69 Å². The van der Waals surface area contributed by atoms with Gasteiger partial charge in [-0.05, 0) is 12.3 Å². The summed E-state index contributed by atoms with van der Waals surface area (Å²) in [6.45, 7) is 5.33. The van der Waals surface area contributed by atoms with Crippen LogP contribution in [0.3, 0.4) is 0 Å². The molecule has 0 aromatic carbocycles. The molecule has 2 N–H and O–H groups in total. The predicted molar refractivity (Wildman–Crippen MR) is 67.2 cm³/mol. The number of carbonyl (C=O) groups excluding carboxylic acids is 1. The van der Waals surface area contributed by atoms with Crippen molar-refractivity contribution >= 4 is 17.6 Å². The fraction of sp³-hybridized carbons (Fsp3) is 0.583. The summed E-state index contributed by atoms with van der Waals surface area (Å²) in [5, 5.41) is 15.6. The minimum absolute atomic E-state index is 0.0353. The molecule has 0 radical (unpaired) electrons. The van der Waals surface area contributed by atoms with Crippen molar-refractivity contribution in [3.05, 3.63) is 11.9 Å². The average molecular weight is 253 g/mol. The Kier molecular flexibility index (Phi) is 4.11. The van der Waals surface area contributed by atoms with Crippen LogP contribution in [0.1, 0.15) is 32.4 Å². The number of aryl methyl sites for hydroxylation is 2. The minimum Gasteiger partial charge on any atom is -0.481 e. The Balaban J connectivity index is 2.62. The Morgan fingerprint density at radius 1 is 1.44 bits per heavy atom. The Bertz CT molecular complexity index is 463. The number of nitrogens with zero attached hydrogens (tertiary/aromatic N) is 2. The first-order valence-corrected chi connectivity index (χ1v) is 5.71. The van der Waals surface area contributed by atoms with Gasteiger partial charge in [0.05, 0.1) is 17.8 Å². The zero-order valence-electron chi connectivity index (χ0n) is 11.1. The quantitative estimate of drug-likeness (QED) is 0.834. The zero-order chi connectivity index (χ0) is 13.9. The maximum absolute atomic E-state index is 11.8. The van der Waals surface area contributed by atoms with E-state index in [1.165, 1.54) is 0 Å². The van der Waals surface area contributed by atoms with E-state index in [1.54, 1.807) is 38.7 Å². The zero-order valence-corrected chi connectivity index (χ0v) is 11.1. The number of amides is 1. The van der Waals surface area contributed by atoms with Crippen LogP contribution in [0.15, 0.2) is 6.20 Å². The third-order valence-corrected chi connectivity index (χ3v) is 2.56. The second kappa shape index (κ2) is 5.20. The summed E-state index contributed by atoms with van der Waals surface area (Å²) in [7, 11) is 1.77. The summed E-state index contributed by atoms with van der Waals surface area (Å²) in [6.07, 6.45) is 1.84. The number of carbonyl (C=O) groups is 2. The number of aliphatic carboxylic acids is 1. The highest BCUT2D eigenvalue weighted by atomic mass is 16.4. The smallest absolute Gasteiger partial charge is 0.303 e. The van der Waals surface area contributed by atoms with Crippen LogP contribution in [0.5, 0.6) is 0 Å². The van der Waals surface area contributed by atoms with Crippen LogP contribution >= 0.6 is 0 Å². The van der Waals surface area contributed by atoms with Crippen LogP contribution in [-0.4, -0.2) is 26.8 Å². The first-order valence-electron chi connectivity index (χ1n) is 5.71. The molecular weight excluding hydrogens is 234 g/mol. The van der Waals surface area contributed by atoms with Crippen molar-refractivity contribution in [1.29, 1.82) is 0 Å². The molecule has 0 saturated heterocycles. The molecule has 18 heavy (non-hydrogen) atoms. The summed E-state index contributed by atoms with van der Waals surface area (Å²) >= 11 is 0. The van der Waals surface area contributed by atoms with Gasteiger partial charge in [0.2, 0.25) is 5.91 Å². The van der Waals surface area contributed by atoms with Gasteiger partial charge in [0.15, 0.2) is 0 Å². The van der Waals surface area contributed by atoms with E-state index < -0.39 is 11.4 Å². The normalized spacial score (nSPS) is 11.3. The van der Waals surface area contributed by atoms with Gasteiger partial charge in [0, 0.05) is 19.7 Å². The van der Waals surface area contributed by atoms with Gasteiger partial charge in [0.1, 0.15) is 0 Å². The lowest BCUT2D eigenvalue weighted by Gasteiger charge is -2.21. The molecule has 0 atom stereocenters. The van der Waals surface area contributed by atoms with Gasteiger partial charge in [-0.25, -0.2) is 0 Å². The van der Waals surface area contributed by atoms with Gasteiger partial charge in [-0.2, -0.15) is 5.10 Å².